The summed E-state index contributed by atoms with van der Waals surface area (Å²) in [7, 11) is 0. The van der Waals surface area contributed by atoms with Gasteiger partial charge in [0.1, 0.15) is 0 Å². The lowest BCUT2D eigenvalue weighted by atomic mass is 9.75. The molecule has 1 spiro atoms. The minimum atomic E-state index is 0.635. The largest absolute Gasteiger partial charge is 0.316 e. The van der Waals surface area contributed by atoms with E-state index in [1.165, 1.54) is 51.9 Å². The fraction of sp³-hybridized carbons (Fsp3) is 1.00. The summed E-state index contributed by atoms with van der Waals surface area (Å²) < 4.78 is 0. The maximum absolute atomic E-state index is 3.51. The van der Waals surface area contributed by atoms with Crippen LogP contribution in [0.1, 0.15) is 39.5 Å². The van der Waals surface area contributed by atoms with Gasteiger partial charge in [-0.2, -0.15) is 0 Å². The molecule has 0 aromatic carbocycles. The maximum Gasteiger partial charge on any atom is 0.00200 e. The second kappa shape index (κ2) is 5.61. The van der Waals surface area contributed by atoms with E-state index in [0.29, 0.717) is 5.41 Å². The number of nitrogens with one attached hydrogen (secondary N) is 2. The molecular formula is C11H24N2. The first-order valence-electron chi connectivity index (χ1n) is 5.83. The lowest BCUT2D eigenvalue weighted by Crippen LogP contribution is -2.49. The third kappa shape index (κ3) is 2.96. The maximum atomic E-state index is 3.51. The van der Waals surface area contributed by atoms with Crippen LogP contribution in [0.4, 0.5) is 0 Å². The molecule has 78 valence electrons. The molecule has 0 unspecified atom stereocenters. The Bertz CT molecular complexity index is 103. The van der Waals surface area contributed by atoms with Crippen molar-refractivity contribution < 1.29 is 0 Å². The van der Waals surface area contributed by atoms with Crippen molar-refractivity contribution >= 4 is 0 Å². The molecule has 2 heteroatoms. The molecule has 0 aromatic heterocycles. The third-order valence-corrected chi connectivity index (χ3v) is 3.12. The van der Waals surface area contributed by atoms with Gasteiger partial charge in [-0.05, 0) is 44.2 Å². The normalized spacial score (nSPS) is 26.3. The zero-order valence-electron chi connectivity index (χ0n) is 9.16. The SMILES string of the molecule is C1CNCC2(C1)CCCNC2.CC. The van der Waals surface area contributed by atoms with Gasteiger partial charge in [0.05, 0.1) is 0 Å². The molecule has 2 rings (SSSR count). The summed E-state index contributed by atoms with van der Waals surface area (Å²) in [6, 6.07) is 0. The Morgan fingerprint density at radius 2 is 1.31 bits per heavy atom. The molecule has 0 aliphatic carbocycles. The highest BCUT2D eigenvalue weighted by Crippen LogP contribution is 2.32. The Hall–Kier alpha value is -0.0800. The van der Waals surface area contributed by atoms with Gasteiger partial charge in [-0.3, -0.25) is 0 Å². The second-order valence-electron chi connectivity index (χ2n) is 4.06. The van der Waals surface area contributed by atoms with Crippen molar-refractivity contribution in [3.05, 3.63) is 0 Å². The van der Waals surface area contributed by atoms with Gasteiger partial charge in [-0.25, -0.2) is 0 Å². The van der Waals surface area contributed by atoms with Crippen LogP contribution in [0.3, 0.4) is 0 Å². The summed E-state index contributed by atoms with van der Waals surface area (Å²) in [4.78, 5) is 0. The van der Waals surface area contributed by atoms with E-state index >= 15 is 0 Å². The van der Waals surface area contributed by atoms with E-state index in [2.05, 4.69) is 10.6 Å². The first-order valence-corrected chi connectivity index (χ1v) is 5.83. The van der Waals surface area contributed by atoms with Crippen LogP contribution >= 0.6 is 0 Å². The molecule has 2 aliphatic heterocycles. The molecule has 0 amide bonds. The van der Waals surface area contributed by atoms with E-state index in [1.54, 1.807) is 0 Å². The Kier molecular flexibility index (Phi) is 4.74. The topological polar surface area (TPSA) is 24.1 Å². The monoisotopic (exact) mass is 184 g/mol. The van der Waals surface area contributed by atoms with Crippen LogP contribution in [0.15, 0.2) is 0 Å². The fourth-order valence-corrected chi connectivity index (χ4v) is 2.42. The molecule has 0 saturated carbocycles. The fourth-order valence-electron chi connectivity index (χ4n) is 2.42. The van der Waals surface area contributed by atoms with Gasteiger partial charge in [0.2, 0.25) is 0 Å². The predicted molar refractivity (Wildman–Crippen MR) is 58.0 cm³/mol. The molecule has 2 saturated heterocycles. The Balaban J connectivity index is 0.000000396. The average Bonchev–Trinajstić information content (AvgIpc) is 2.23. The molecule has 2 aliphatic rings. The Labute approximate surface area is 82.5 Å². The molecule has 0 bridgehead atoms. The summed E-state index contributed by atoms with van der Waals surface area (Å²) in [5.41, 5.74) is 0.635. The molecule has 0 atom stereocenters. The van der Waals surface area contributed by atoms with Crippen LogP contribution in [-0.4, -0.2) is 26.2 Å². The molecular weight excluding hydrogens is 160 g/mol. The predicted octanol–water partition coefficient (Wildman–Crippen LogP) is 1.77. The highest BCUT2D eigenvalue weighted by atomic mass is 15.0. The Morgan fingerprint density at radius 1 is 0.846 bits per heavy atom. The van der Waals surface area contributed by atoms with Crippen LogP contribution in [-0.2, 0) is 0 Å². The summed E-state index contributed by atoms with van der Waals surface area (Å²) in [6.45, 7) is 8.98. The number of hydrogen-bond acceptors (Lipinski definition) is 2. The lowest BCUT2D eigenvalue weighted by Gasteiger charge is -2.41. The van der Waals surface area contributed by atoms with Gasteiger partial charge < -0.3 is 10.6 Å². The standard InChI is InChI=1S/C9H18N2.C2H6/c1-3-9(7-10-5-1)4-2-6-11-8-9;1-2/h10-11H,1-8H2;1-2H3. The summed E-state index contributed by atoms with van der Waals surface area (Å²) in [5.74, 6) is 0. The molecule has 0 aromatic rings. The van der Waals surface area contributed by atoms with E-state index in [4.69, 9.17) is 0 Å². The van der Waals surface area contributed by atoms with Crippen LogP contribution in [0.25, 0.3) is 0 Å². The van der Waals surface area contributed by atoms with Crippen LogP contribution < -0.4 is 10.6 Å². The van der Waals surface area contributed by atoms with E-state index < -0.39 is 0 Å². The molecule has 2 fully saturated rings. The molecule has 2 heterocycles. The molecule has 0 radical (unpaired) electrons. The van der Waals surface area contributed by atoms with Gasteiger partial charge in [-0.1, -0.05) is 13.8 Å². The lowest BCUT2D eigenvalue weighted by molar-refractivity contribution is 0.157. The van der Waals surface area contributed by atoms with Gasteiger partial charge in [0, 0.05) is 13.1 Å². The number of piperidine rings is 2. The van der Waals surface area contributed by atoms with Gasteiger partial charge in [-0.15, -0.1) is 0 Å². The quantitative estimate of drug-likeness (QED) is 0.599. The average molecular weight is 184 g/mol. The zero-order chi connectivity index (χ0) is 9.57. The van der Waals surface area contributed by atoms with E-state index in [9.17, 15) is 0 Å². The van der Waals surface area contributed by atoms with E-state index in [0.717, 1.165) is 0 Å². The Morgan fingerprint density at radius 3 is 1.62 bits per heavy atom. The van der Waals surface area contributed by atoms with E-state index in [-0.39, 0.29) is 0 Å². The highest BCUT2D eigenvalue weighted by Gasteiger charge is 2.32. The van der Waals surface area contributed by atoms with Crippen molar-refractivity contribution in [2.75, 3.05) is 26.2 Å². The second-order valence-corrected chi connectivity index (χ2v) is 4.06. The van der Waals surface area contributed by atoms with Crippen molar-refractivity contribution in [1.82, 2.24) is 10.6 Å². The van der Waals surface area contributed by atoms with E-state index in [1.807, 2.05) is 13.8 Å². The van der Waals surface area contributed by atoms with Crippen molar-refractivity contribution in [3.63, 3.8) is 0 Å². The molecule has 2 nitrogen and oxygen atoms in total. The van der Waals surface area contributed by atoms with Crippen molar-refractivity contribution in [3.8, 4) is 0 Å². The van der Waals surface area contributed by atoms with Gasteiger partial charge >= 0.3 is 0 Å². The highest BCUT2D eigenvalue weighted by molar-refractivity contribution is 4.89. The van der Waals surface area contributed by atoms with Crippen molar-refractivity contribution in [2.24, 2.45) is 5.41 Å². The van der Waals surface area contributed by atoms with Crippen LogP contribution in [0.2, 0.25) is 0 Å². The first-order chi connectivity index (χ1) is 6.41. The molecule has 13 heavy (non-hydrogen) atoms. The van der Waals surface area contributed by atoms with Crippen molar-refractivity contribution in [1.29, 1.82) is 0 Å². The first kappa shape index (κ1) is 11.0. The smallest absolute Gasteiger partial charge is 0.00200 e. The van der Waals surface area contributed by atoms with Gasteiger partial charge in [0.15, 0.2) is 0 Å². The zero-order valence-corrected chi connectivity index (χ0v) is 9.16. The number of hydrogen-bond donors (Lipinski definition) is 2. The number of rotatable bonds is 0. The van der Waals surface area contributed by atoms with Crippen LogP contribution in [0.5, 0.6) is 0 Å². The third-order valence-electron chi connectivity index (χ3n) is 3.12. The summed E-state index contributed by atoms with van der Waals surface area (Å²) >= 11 is 0. The van der Waals surface area contributed by atoms with Crippen molar-refractivity contribution in [2.45, 2.75) is 39.5 Å². The minimum Gasteiger partial charge on any atom is -0.316 e. The van der Waals surface area contributed by atoms with Gasteiger partial charge in [0.25, 0.3) is 0 Å². The summed E-state index contributed by atoms with van der Waals surface area (Å²) in [5, 5.41) is 7.01. The minimum absolute atomic E-state index is 0.635. The molecule has 2 N–H and O–H groups in total. The summed E-state index contributed by atoms with van der Waals surface area (Å²) in [6.07, 6.45) is 5.63. The van der Waals surface area contributed by atoms with Crippen LogP contribution in [0, 0.1) is 5.41 Å².